The fourth-order valence-corrected chi connectivity index (χ4v) is 5.50. The third-order valence-electron chi connectivity index (χ3n) is 6.71. The van der Waals surface area contributed by atoms with Crippen molar-refractivity contribution in [2.24, 2.45) is 0 Å². The Bertz CT molecular complexity index is 1450. The van der Waals surface area contributed by atoms with Crippen LogP contribution in [0.5, 0.6) is 5.75 Å². The zero-order valence-electron chi connectivity index (χ0n) is 22.0. The second kappa shape index (κ2) is 9.49. The Morgan fingerprint density at radius 2 is 1.72 bits per heavy atom. The van der Waals surface area contributed by atoms with Crippen molar-refractivity contribution in [3.63, 3.8) is 0 Å². The maximum atomic E-state index is 12.4. The van der Waals surface area contributed by atoms with E-state index in [9.17, 15) is 9.90 Å². The molecular formula is C29H30NNaO5. The molecule has 1 saturated heterocycles. The van der Waals surface area contributed by atoms with Crippen LogP contribution in [0.2, 0.25) is 0 Å². The summed E-state index contributed by atoms with van der Waals surface area (Å²) in [6.45, 7) is 12.1. The van der Waals surface area contributed by atoms with Crippen molar-refractivity contribution < 1.29 is 53.3 Å². The van der Waals surface area contributed by atoms with Crippen molar-refractivity contribution in [3.8, 4) is 17.2 Å². The first-order valence-electron chi connectivity index (χ1n) is 12.0. The van der Waals surface area contributed by atoms with Gasteiger partial charge in [-0.05, 0) is 65.3 Å². The fourth-order valence-electron chi connectivity index (χ4n) is 5.50. The number of aryl methyl sites for hydroxylation is 2. The summed E-state index contributed by atoms with van der Waals surface area (Å²) in [6, 6.07) is 13.0. The van der Waals surface area contributed by atoms with E-state index >= 15 is 0 Å². The number of hydrogen-bond donors (Lipinski definition) is 0. The summed E-state index contributed by atoms with van der Waals surface area (Å²) in [5.41, 5.74) is 2.84. The maximum absolute atomic E-state index is 12.4. The first-order chi connectivity index (χ1) is 16.4. The zero-order valence-corrected chi connectivity index (χ0v) is 24.0. The Kier molecular flexibility index (Phi) is 7.03. The molecule has 0 N–H and O–H groups in total. The summed E-state index contributed by atoms with van der Waals surface area (Å²) in [4.78, 5) is 17.2. The van der Waals surface area contributed by atoms with Crippen molar-refractivity contribution in [1.82, 2.24) is 4.98 Å². The topological polar surface area (TPSA) is 84.6 Å². The Morgan fingerprint density at radius 1 is 1.06 bits per heavy atom. The van der Waals surface area contributed by atoms with E-state index in [0.717, 1.165) is 22.1 Å². The van der Waals surface area contributed by atoms with Gasteiger partial charge in [0.1, 0.15) is 23.1 Å². The van der Waals surface area contributed by atoms with E-state index in [2.05, 4.69) is 0 Å². The summed E-state index contributed by atoms with van der Waals surface area (Å²) in [7, 11) is 0. The van der Waals surface area contributed by atoms with E-state index in [4.69, 9.17) is 18.9 Å². The quantitative estimate of drug-likeness (QED) is 0.405. The van der Waals surface area contributed by atoms with Gasteiger partial charge in [0.25, 0.3) is 0 Å². The minimum Gasteiger partial charge on any atom is -0.545 e. The van der Waals surface area contributed by atoms with Crippen LogP contribution in [-0.4, -0.2) is 28.3 Å². The van der Waals surface area contributed by atoms with Gasteiger partial charge in [-0.15, -0.1) is 0 Å². The molecule has 5 rings (SSSR count). The van der Waals surface area contributed by atoms with E-state index in [1.807, 2.05) is 77.9 Å². The number of carboxylic acids is 1. The van der Waals surface area contributed by atoms with Crippen LogP contribution in [0.4, 0.5) is 0 Å². The molecule has 6 nitrogen and oxygen atoms in total. The van der Waals surface area contributed by atoms with E-state index in [-0.39, 0.29) is 52.4 Å². The Balaban J connectivity index is 0.00000304. The smallest absolute Gasteiger partial charge is 0.545 e. The molecule has 0 aliphatic carbocycles. The number of para-hydroxylation sites is 1. The van der Waals surface area contributed by atoms with Gasteiger partial charge < -0.3 is 23.8 Å². The predicted octanol–water partition coefficient (Wildman–Crippen LogP) is 2.75. The average molecular weight is 496 g/mol. The van der Waals surface area contributed by atoms with Crippen LogP contribution in [0.3, 0.4) is 0 Å². The van der Waals surface area contributed by atoms with Gasteiger partial charge in [0.05, 0.1) is 28.1 Å². The molecule has 2 aromatic heterocycles. The number of hydrogen-bond acceptors (Lipinski definition) is 6. The van der Waals surface area contributed by atoms with Gasteiger partial charge in [0.15, 0.2) is 5.76 Å². The molecule has 0 unspecified atom stereocenters. The number of aromatic nitrogens is 1. The largest absolute Gasteiger partial charge is 1.00 e. The number of benzene rings is 2. The molecule has 2 aromatic carbocycles. The molecule has 0 spiro atoms. The number of carbonyl (C=O) groups excluding carboxylic acids is 1. The summed E-state index contributed by atoms with van der Waals surface area (Å²) < 4.78 is 18.7. The number of carboxylic acid groups (broad SMARTS) is 1. The molecule has 7 heteroatoms. The fraction of sp³-hybridized carbons (Fsp3) is 0.379. The number of fused-ring (bicyclic) bond motifs is 2. The van der Waals surface area contributed by atoms with Crippen LogP contribution in [0, 0.1) is 13.8 Å². The van der Waals surface area contributed by atoms with Crippen LogP contribution < -0.4 is 39.4 Å². The molecule has 0 saturated carbocycles. The van der Waals surface area contributed by atoms with Crippen LogP contribution in [0.1, 0.15) is 62.0 Å². The molecule has 0 radical (unpaired) electrons. The maximum Gasteiger partial charge on any atom is 1.00 e. The third kappa shape index (κ3) is 4.92. The van der Waals surface area contributed by atoms with Crippen molar-refractivity contribution in [1.29, 1.82) is 0 Å². The molecule has 1 aliphatic rings. The minimum atomic E-state index is -1.28. The first kappa shape index (κ1) is 26.7. The number of pyridine rings is 1. The molecule has 0 atom stereocenters. The van der Waals surface area contributed by atoms with Gasteiger partial charge in [-0.2, -0.15) is 0 Å². The number of ether oxygens (including phenoxy) is 2. The number of rotatable bonds is 4. The van der Waals surface area contributed by atoms with E-state index in [1.165, 1.54) is 6.07 Å². The van der Waals surface area contributed by atoms with Crippen LogP contribution in [0.25, 0.3) is 33.3 Å². The molecule has 1 aliphatic heterocycles. The summed E-state index contributed by atoms with van der Waals surface area (Å²) >= 11 is 0. The average Bonchev–Trinajstić information content (AvgIpc) is 3.09. The van der Waals surface area contributed by atoms with Crippen molar-refractivity contribution >= 4 is 27.8 Å². The Hall–Kier alpha value is -2.38. The first-order valence-corrected chi connectivity index (χ1v) is 12.0. The molecule has 3 heterocycles. The van der Waals surface area contributed by atoms with Crippen molar-refractivity contribution in [3.05, 3.63) is 59.2 Å². The number of aromatic carboxylic acids is 1. The molecule has 36 heavy (non-hydrogen) atoms. The summed E-state index contributed by atoms with van der Waals surface area (Å²) in [5, 5.41) is 13.8. The van der Waals surface area contributed by atoms with Crippen molar-refractivity contribution in [2.45, 2.75) is 71.7 Å². The second-order valence-electron chi connectivity index (χ2n) is 10.8. The zero-order chi connectivity index (χ0) is 25.1. The van der Waals surface area contributed by atoms with E-state index in [0.29, 0.717) is 40.9 Å². The molecule has 182 valence electrons. The summed E-state index contributed by atoms with van der Waals surface area (Å²) in [5.74, 6) is -0.242. The molecule has 1 fully saturated rings. The normalized spacial score (nSPS) is 17.2. The molecule has 4 aromatic rings. The van der Waals surface area contributed by atoms with Gasteiger partial charge in [-0.3, -0.25) is 0 Å². The van der Waals surface area contributed by atoms with E-state index < -0.39 is 5.97 Å². The van der Waals surface area contributed by atoms with Crippen LogP contribution >= 0.6 is 0 Å². The SMILES string of the molecule is Cc1c(-c2cc(C(=O)[O-])c3c(OC4CC(C)(C)OC(C)(C)C4)ccc(C)c3n2)oc2ccccc12.[Na+]. The van der Waals surface area contributed by atoms with Gasteiger partial charge >= 0.3 is 29.6 Å². The third-order valence-corrected chi connectivity index (χ3v) is 6.71. The molecule has 0 bridgehead atoms. The van der Waals surface area contributed by atoms with Gasteiger partial charge in [0.2, 0.25) is 0 Å². The van der Waals surface area contributed by atoms with Gasteiger partial charge in [-0.1, -0.05) is 24.3 Å². The molecular weight excluding hydrogens is 465 g/mol. The van der Waals surface area contributed by atoms with Gasteiger partial charge in [0, 0.05) is 29.4 Å². The van der Waals surface area contributed by atoms with E-state index in [1.54, 1.807) is 0 Å². The Morgan fingerprint density at radius 3 is 2.36 bits per heavy atom. The number of carbonyl (C=O) groups is 1. The number of furan rings is 1. The minimum absolute atomic E-state index is 0. The number of nitrogens with zero attached hydrogens (tertiary/aromatic N) is 1. The molecule has 0 amide bonds. The predicted molar refractivity (Wildman–Crippen MR) is 134 cm³/mol. The van der Waals surface area contributed by atoms with Crippen LogP contribution in [0.15, 0.2) is 46.9 Å². The second-order valence-corrected chi connectivity index (χ2v) is 10.8. The van der Waals surface area contributed by atoms with Crippen molar-refractivity contribution in [2.75, 3.05) is 0 Å². The standard InChI is InChI=1S/C29H31NO5.Na/c1-16-11-12-23(33-18-14-28(3,4)35-29(5,6)15-18)24-20(27(31)32)13-21(30-25(16)24)26-17(2)19-9-7-8-10-22(19)34-26;/h7-13,18H,14-15H2,1-6H3,(H,31,32);/q;+1/p-1. The summed E-state index contributed by atoms with van der Waals surface area (Å²) in [6.07, 6.45) is 1.25. The van der Waals surface area contributed by atoms with Gasteiger partial charge in [-0.25, -0.2) is 4.98 Å². The van der Waals surface area contributed by atoms with Crippen LogP contribution in [-0.2, 0) is 4.74 Å². The Labute approximate surface area is 233 Å². The monoisotopic (exact) mass is 495 g/mol.